The van der Waals surface area contributed by atoms with Crippen LogP contribution in [0.3, 0.4) is 0 Å². The third-order valence-corrected chi connectivity index (χ3v) is 2.67. The molecule has 0 saturated heterocycles. The summed E-state index contributed by atoms with van der Waals surface area (Å²) in [5.41, 5.74) is 0.725. The van der Waals surface area contributed by atoms with E-state index in [1.807, 2.05) is 24.3 Å². The highest BCUT2D eigenvalue weighted by atomic mass is 16.3. The molecule has 2 heterocycles. The molecule has 2 aliphatic rings. The maximum absolute atomic E-state index is 11.4. The van der Waals surface area contributed by atoms with Gasteiger partial charge in [-0.05, 0) is 17.3 Å². The maximum atomic E-state index is 11.4. The Bertz CT molecular complexity index is 645. The lowest BCUT2D eigenvalue weighted by atomic mass is 10.1. The van der Waals surface area contributed by atoms with Gasteiger partial charge in [-0.15, -0.1) is 4.91 Å². The van der Waals surface area contributed by atoms with Crippen LogP contribution in [0.2, 0.25) is 0 Å². The van der Waals surface area contributed by atoms with Crippen molar-refractivity contribution >= 4 is 11.5 Å². The summed E-state index contributed by atoms with van der Waals surface area (Å²) in [6.45, 7) is 0. The van der Waals surface area contributed by atoms with E-state index in [0.29, 0.717) is 0 Å². The van der Waals surface area contributed by atoms with Crippen molar-refractivity contribution in [2.45, 2.75) is 6.17 Å². The molecule has 5 nitrogen and oxygen atoms in total. The van der Waals surface area contributed by atoms with Crippen LogP contribution in [0.15, 0.2) is 46.2 Å². The number of carbonyl (C=O) groups excluding carboxylic acids is 1. The van der Waals surface area contributed by atoms with Gasteiger partial charge in [0, 0.05) is 10.8 Å². The van der Waals surface area contributed by atoms with Crippen molar-refractivity contribution in [2.24, 2.45) is 10.2 Å². The van der Waals surface area contributed by atoms with Crippen LogP contribution in [0, 0.1) is 4.91 Å². The average molecular weight is 213 g/mol. The lowest BCUT2D eigenvalue weighted by Crippen LogP contribution is -2.38. The van der Waals surface area contributed by atoms with E-state index in [1.54, 1.807) is 0 Å². The molecule has 3 rings (SSSR count). The number of nitrogens with one attached hydrogen (secondary N) is 1. The number of para-hydroxylation sites is 1. The van der Waals surface area contributed by atoms with E-state index in [2.05, 4.69) is 15.5 Å². The molecule has 0 spiro atoms. The normalized spacial score (nSPS) is 21.5. The van der Waals surface area contributed by atoms with Gasteiger partial charge in [-0.25, -0.2) is 0 Å². The number of amides is 1. The summed E-state index contributed by atoms with van der Waals surface area (Å²) in [5, 5.41) is 7.08. The summed E-state index contributed by atoms with van der Waals surface area (Å²) in [7, 11) is 0. The van der Waals surface area contributed by atoms with Gasteiger partial charge in [0.25, 0.3) is 5.91 Å². The largest absolute Gasteiger partial charge is 0.325 e. The molecular formula is C11H7N3O2. The fourth-order valence-electron chi connectivity index (χ4n) is 1.93. The van der Waals surface area contributed by atoms with E-state index in [-0.39, 0.29) is 11.9 Å². The first-order chi connectivity index (χ1) is 7.79. The third kappa shape index (κ3) is 1.11. The molecule has 1 aromatic rings. The summed E-state index contributed by atoms with van der Waals surface area (Å²) >= 11 is 0. The molecule has 0 bridgehead atoms. The maximum Gasteiger partial charge on any atom is 0.275 e. The quantitative estimate of drug-likeness (QED) is 0.643. The standard InChI is InChI=1S/C11H7N3O2/c15-11-9(14-16)5-7-6-3-1-2-4-8(6)12-10(7)13-11/h1-5,10H,(H,13,15)/t10-/m0/s1. The molecule has 1 amide bonds. The van der Waals surface area contributed by atoms with Gasteiger partial charge in [0.2, 0.25) is 0 Å². The van der Waals surface area contributed by atoms with Gasteiger partial charge >= 0.3 is 0 Å². The number of benzene rings is 1. The van der Waals surface area contributed by atoms with Gasteiger partial charge in [0.15, 0.2) is 5.70 Å². The second-order valence-electron chi connectivity index (χ2n) is 3.60. The summed E-state index contributed by atoms with van der Waals surface area (Å²) in [5.74, 6) is -0.472. The molecule has 1 atom stereocenters. The molecule has 5 heteroatoms. The van der Waals surface area contributed by atoms with Gasteiger partial charge in [-0.3, -0.25) is 9.79 Å². The van der Waals surface area contributed by atoms with Crippen molar-refractivity contribution in [3.8, 4) is 0 Å². The Kier molecular flexibility index (Phi) is 1.73. The van der Waals surface area contributed by atoms with E-state index >= 15 is 0 Å². The van der Waals surface area contributed by atoms with E-state index < -0.39 is 5.91 Å². The van der Waals surface area contributed by atoms with Gasteiger partial charge in [0.05, 0.1) is 5.36 Å². The van der Waals surface area contributed by atoms with Gasteiger partial charge in [-0.1, -0.05) is 18.2 Å². The number of nitroso groups, excluding NO2 is 1. The molecule has 78 valence electrons. The van der Waals surface area contributed by atoms with Crippen molar-refractivity contribution in [1.29, 1.82) is 0 Å². The Hall–Kier alpha value is -2.30. The summed E-state index contributed by atoms with van der Waals surface area (Å²) in [6, 6.07) is 7.55. The first-order valence-electron chi connectivity index (χ1n) is 4.82. The van der Waals surface area contributed by atoms with E-state index in [0.717, 1.165) is 16.1 Å². The zero-order chi connectivity index (χ0) is 11.1. The van der Waals surface area contributed by atoms with Crippen molar-refractivity contribution in [2.75, 3.05) is 0 Å². The molecule has 0 fully saturated rings. The molecular weight excluding hydrogens is 206 g/mol. The van der Waals surface area contributed by atoms with Crippen LogP contribution in [0.1, 0.15) is 0 Å². The summed E-state index contributed by atoms with van der Waals surface area (Å²) in [4.78, 5) is 26.2. The molecule has 2 aliphatic heterocycles. The number of hydrogen-bond acceptors (Lipinski definition) is 4. The Balaban J connectivity index is 2.32. The van der Waals surface area contributed by atoms with E-state index in [9.17, 15) is 9.70 Å². The van der Waals surface area contributed by atoms with Crippen LogP contribution in [0.25, 0.3) is 5.57 Å². The number of hydrogen-bond donors (Lipinski definition) is 1. The highest BCUT2D eigenvalue weighted by Gasteiger charge is 2.27. The zero-order valence-corrected chi connectivity index (χ0v) is 8.18. The monoisotopic (exact) mass is 213 g/mol. The minimum Gasteiger partial charge on any atom is -0.325 e. The van der Waals surface area contributed by atoms with Crippen molar-refractivity contribution in [3.05, 3.63) is 51.5 Å². The minimum absolute atomic E-state index is 0.0989. The van der Waals surface area contributed by atoms with Crippen LogP contribution in [-0.2, 0) is 4.79 Å². The zero-order valence-electron chi connectivity index (χ0n) is 8.18. The molecule has 1 aromatic carbocycles. The molecule has 0 saturated carbocycles. The molecule has 16 heavy (non-hydrogen) atoms. The minimum atomic E-state index is -0.472. The Morgan fingerprint density at radius 1 is 1.31 bits per heavy atom. The van der Waals surface area contributed by atoms with E-state index in [4.69, 9.17) is 0 Å². The fourth-order valence-corrected chi connectivity index (χ4v) is 1.93. The lowest BCUT2D eigenvalue weighted by molar-refractivity contribution is -0.118. The fraction of sp³-hybridized carbons (Fsp3) is 0.0909. The summed E-state index contributed by atoms with van der Waals surface area (Å²) in [6.07, 6.45) is 1.13. The second-order valence-corrected chi connectivity index (χ2v) is 3.60. The highest BCUT2D eigenvalue weighted by molar-refractivity contribution is 5.99. The van der Waals surface area contributed by atoms with Crippen molar-refractivity contribution in [1.82, 2.24) is 5.32 Å². The topological polar surface area (TPSA) is 70.9 Å². The third-order valence-electron chi connectivity index (χ3n) is 2.67. The Labute approximate surface area is 90.2 Å². The summed E-state index contributed by atoms with van der Waals surface area (Å²) < 4.78 is 0. The predicted octanol–water partition coefficient (Wildman–Crippen LogP) is -0.423. The number of nitrogens with zero attached hydrogens (tertiary/aromatic N) is 2. The van der Waals surface area contributed by atoms with E-state index in [1.165, 1.54) is 6.08 Å². The number of carbonyl (C=O) groups is 1. The first-order valence-corrected chi connectivity index (χ1v) is 4.82. The molecule has 0 aromatic heterocycles. The highest BCUT2D eigenvalue weighted by Crippen LogP contribution is 2.17. The smallest absolute Gasteiger partial charge is 0.275 e. The van der Waals surface area contributed by atoms with Crippen molar-refractivity contribution in [3.63, 3.8) is 0 Å². The number of fused-ring (bicyclic) bond motifs is 2. The molecule has 1 N–H and O–H groups in total. The van der Waals surface area contributed by atoms with Crippen molar-refractivity contribution < 1.29 is 4.79 Å². The molecule has 0 aliphatic carbocycles. The van der Waals surface area contributed by atoms with Crippen LogP contribution in [-0.4, -0.2) is 12.1 Å². The second kappa shape index (κ2) is 3.10. The SMILES string of the molecule is O=NC1=CC2=c3ccccc3=N[C@H]2NC1=O. The van der Waals surface area contributed by atoms with Gasteiger partial charge in [-0.2, -0.15) is 0 Å². The van der Waals surface area contributed by atoms with Crippen LogP contribution in [0.4, 0.5) is 0 Å². The Morgan fingerprint density at radius 2 is 2.12 bits per heavy atom. The van der Waals surface area contributed by atoms with Crippen LogP contribution in [0.5, 0.6) is 0 Å². The first kappa shape index (κ1) is 8.96. The average Bonchev–Trinajstić information content (AvgIpc) is 2.65. The molecule has 0 unspecified atom stereocenters. The number of rotatable bonds is 1. The van der Waals surface area contributed by atoms with Gasteiger partial charge in [0.1, 0.15) is 6.17 Å². The molecule has 0 radical (unpaired) electrons. The van der Waals surface area contributed by atoms with Gasteiger partial charge < -0.3 is 5.32 Å². The predicted molar refractivity (Wildman–Crippen MR) is 56.4 cm³/mol. The van der Waals surface area contributed by atoms with Crippen LogP contribution < -0.4 is 15.9 Å². The lowest BCUT2D eigenvalue weighted by Gasteiger charge is -2.16. The Morgan fingerprint density at radius 3 is 2.94 bits per heavy atom. The van der Waals surface area contributed by atoms with Crippen LogP contribution >= 0.6 is 0 Å².